The van der Waals surface area contributed by atoms with Crippen LogP contribution in [0.1, 0.15) is 27.2 Å². The third kappa shape index (κ3) is 3.40. The summed E-state index contributed by atoms with van der Waals surface area (Å²) in [5, 5.41) is 18.5. The molecule has 0 aromatic rings. The zero-order chi connectivity index (χ0) is 11.4. The maximum atomic E-state index is 9.60. The molecule has 2 N–H and O–H groups in total. The molecule has 0 rings (SSSR count). The SMILES string of the molecule is C=CC(C)(CC(C)(C)C(O)CO)OC. The van der Waals surface area contributed by atoms with E-state index in [2.05, 4.69) is 6.58 Å². The van der Waals surface area contributed by atoms with Crippen molar-refractivity contribution >= 4 is 0 Å². The molecule has 3 nitrogen and oxygen atoms in total. The third-order valence-corrected chi connectivity index (χ3v) is 2.78. The molecule has 3 heteroatoms. The van der Waals surface area contributed by atoms with E-state index in [-0.39, 0.29) is 6.61 Å². The Labute approximate surface area is 86.4 Å². The van der Waals surface area contributed by atoms with E-state index in [0.717, 1.165) is 0 Å². The van der Waals surface area contributed by atoms with Gasteiger partial charge in [0.15, 0.2) is 0 Å². The highest BCUT2D eigenvalue weighted by molar-refractivity contribution is 4.98. The lowest BCUT2D eigenvalue weighted by Gasteiger charge is -2.37. The molecule has 2 atom stereocenters. The van der Waals surface area contributed by atoms with Crippen LogP contribution in [0.4, 0.5) is 0 Å². The fraction of sp³-hybridized carbons (Fsp3) is 0.818. The summed E-state index contributed by atoms with van der Waals surface area (Å²) in [5.41, 5.74) is -0.854. The van der Waals surface area contributed by atoms with Gasteiger partial charge >= 0.3 is 0 Å². The zero-order valence-corrected chi connectivity index (χ0v) is 9.58. The number of methoxy groups -OCH3 is 1. The molecule has 0 bridgehead atoms. The minimum Gasteiger partial charge on any atom is -0.394 e. The van der Waals surface area contributed by atoms with Crippen molar-refractivity contribution in [2.75, 3.05) is 13.7 Å². The van der Waals surface area contributed by atoms with Crippen LogP contribution in [0.3, 0.4) is 0 Å². The summed E-state index contributed by atoms with van der Waals surface area (Å²) in [4.78, 5) is 0. The third-order valence-electron chi connectivity index (χ3n) is 2.78. The molecule has 84 valence electrons. The monoisotopic (exact) mass is 202 g/mol. The van der Waals surface area contributed by atoms with Crippen LogP contribution in [-0.2, 0) is 4.74 Å². The van der Waals surface area contributed by atoms with Gasteiger partial charge in [-0.1, -0.05) is 19.9 Å². The van der Waals surface area contributed by atoms with E-state index in [1.165, 1.54) is 0 Å². The van der Waals surface area contributed by atoms with Gasteiger partial charge in [0, 0.05) is 7.11 Å². The van der Waals surface area contributed by atoms with E-state index in [4.69, 9.17) is 9.84 Å². The van der Waals surface area contributed by atoms with E-state index in [1.807, 2.05) is 20.8 Å². The van der Waals surface area contributed by atoms with Crippen LogP contribution in [0.15, 0.2) is 12.7 Å². The van der Waals surface area contributed by atoms with E-state index in [0.29, 0.717) is 6.42 Å². The molecule has 2 unspecified atom stereocenters. The highest BCUT2D eigenvalue weighted by atomic mass is 16.5. The first kappa shape index (κ1) is 13.6. The Kier molecular flexibility index (Phi) is 4.78. The summed E-state index contributed by atoms with van der Waals surface area (Å²) in [5.74, 6) is 0. The Balaban J connectivity index is 4.55. The van der Waals surface area contributed by atoms with Crippen molar-refractivity contribution in [1.29, 1.82) is 0 Å². The van der Waals surface area contributed by atoms with Gasteiger partial charge in [-0.15, -0.1) is 6.58 Å². The first-order valence-corrected chi connectivity index (χ1v) is 4.79. The fourth-order valence-electron chi connectivity index (χ4n) is 1.50. The topological polar surface area (TPSA) is 49.7 Å². The molecule has 0 fully saturated rings. The van der Waals surface area contributed by atoms with E-state index < -0.39 is 17.1 Å². The van der Waals surface area contributed by atoms with Crippen LogP contribution in [0.25, 0.3) is 0 Å². The average molecular weight is 202 g/mol. The standard InChI is InChI=1S/C11H22O3/c1-6-11(4,14-5)8-10(2,3)9(13)7-12/h6,9,12-13H,1,7-8H2,2-5H3. The first-order valence-electron chi connectivity index (χ1n) is 4.79. The van der Waals surface area contributed by atoms with Gasteiger partial charge < -0.3 is 14.9 Å². The van der Waals surface area contributed by atoms with E-state index in [1.54, 1.807) is 13.2 Å². The van der Waals surface area contributed by atoms with Crippen molar-refractivity contribution in [2.24, 2.45) is 5.41 Å². The summed E-state index contributed by atoms with van der Waals surface area (Å²) in [6, 6.07) is 0. The van der Waals surface area contributed by atoms with Crippen molar-refractivity contribution in [3.05, 3.63) is 12.7 Å². The number of aliphatic hydroxyl groups excluding tert-OH is 2. The van der Waals surface area contributed by atoms with Crippen molar-refractivity contribution in [1.82, 2.24) is 0 Å². The molecule has 0 saturated carbocycles. The molecular formula is C11H22O3. The van der Waals surface area contributed by atoms with Gasteiger partial charge in [-0.2, -0.15) is 0 Å². The largest absolute Gasteiger partial charge is 0.394 e. The average Bonchev–Trinajstić information content (AvgIpc) is 2.15. The Morgan fingerprint density at radius 2 is 1.93 bits per heavy atom. The minimum atomic E-state index is -0.739. The number of hydrogen-bond acceptors (Lipinski definition) is 3. The number of aliphatic hydroxyl groups is 2. The second kappa shape index (κ2) is 4.91. The molecule has 0 heterocycles. The van der Waals surface area contributed by atoms with Crippen molar-refractivity contribution in [3.8, 4) is 0 Å². The molecular weight excluding hydrogens is 180 g/mol. The van der Waals surface area contributed by atoms with Gasteiger partial charge in [0.25, 0.3) is 0 Å². The molecule has 0 aromatic carbocycles. The predicted molar refractivity (Wildman–Crippen MR) is 57.1 cm³/mol. The number of ether oxygens (including phenoxy) is 1. The summed E-state index contributed by atoms with van der Waals surface area (Å²) in [6.45, 7) is 9.18. The highest BCUT2D eigenvalue weighted by Crippen LogP contribution is 2.33. The van der Waals surface area contributed by atoms with Crippen LogP contribution < -0.4 is 0 Å². The molecule has 0 aromatic heterocycles. The molecule has 0 saturated heterocycles. The minimum absolute atomic E-state index is 0.232. The van der Waals surface area contributed by atoms with Crippen LogP contribution in [0, 0.1) is 5.41 Å². The molecule has 0 radical (unpaired) electrons. The molecule has 0 aliphatic heterocycles. The zero-order valence-electron chi connectivity index (χ0n) is 9.58. The van der Waals surface area contributed by atoms with Crippen LogP contribution in [0.5, 0.6) is 0 Å². The molecule has 14 heavy (non-hydrogen) atoms. The van der Waals surface area contributed by atoms with Gasteiger partial charge in [0.05, 0.1) is 18.3 Å². The second-order valence-corrected chi connectivity index (χ2v) is 4.58. The summed E-state index contributed by atoms with van der Waals surface area (Å²) < 4.78 is 5.31. The molecule has 0 aliphatic carbocycles. The van der Waals surface area contributed by atoms with Gasteiger partial charge in [-0.25, -0.2) is 0 Å². The lowest BCUT2D eigenvalue weighted by molar-refractivity contribution is -0.0522. The maximum absolute atomic E-state index is 9.60. The predicted octanol–water partition coefficient (Wildman–Crippen LogP) is 1.35. The Morgan fingerprint density at radius 1 is 1.43 bits per heavy atom. The van der Waals surface area contributed by atoms with Gasteiger partial charge in [-0.3, -0.25) is 0 Å². The van der Waals surface area contributed by atoms with E-state index >= 15 is 0 Å². The van der Waals surface area contributed by atoms with E-state index in [9.17, 15) is 5.11 Å². The van der Waals surface area contributed by atoms with Gasteiger partial charge in [0.1, 0.15) is 0 Å². The van der Waals surface area contributed by atoms with Gasteiger partial charge in [-0.05, 0) is 18.8 Å². The van der Waals surface area contributed by atoms with Crippen LogP contribution in [-0.4, -0.2) is 35.6 Å². The Bertz CT molecular complexity index is 189. The smallest absolute Gasteiger partial charge is 0.0834 e. The van der Waals surface area contributed by atoms with Crippen LogP contribution >= 0.6 is 0 Å². The number of hydrogen-bond donors (Lipinski definition) is 2. The molecule has 0 aliphatic rings. The van der Waals surface area contributed by atoms with Gasteiger partial charge in [0.2, 0.25) is 0 Å². The van der Waals surface area contributed by atoms with Crippen molar-refractivity contribution in [3.63, 3.8) is 0 Å². The first-order chi connectivity index (χ1) is 6.31. The Morgan fingerprint density at radius 3 is 2.21 bits per heavy atom. The van der Waals surface area contributed by atoms with Crippen LogP contribution in [0.2, 0.25) is 0 Å². The lowest BCUT2D eigenvalue weighted by atomic mass is 9.77. The molecule has 0 amide bonds. The summed E-state index contributed by atoms with van der Waals surface area (Å²) in [7, 11) is 1.61. The summed E-state index contributed by atoms with van der Waals surface area (Å²) in [6.07, 6.45) is 1.59. The van der Waals surface area contributed by atoms with Crippen molar-refractivity contribution < 1.29 is 14.9 Å². The Hall–Kier alpha value is -0.380. The fourth-order valence-corrected chi connectivity index (χ4v) is 1.50. The van der Waals surface area contributed by atoms with Crippen molar-refractivity contribution in [2.45, 2.75) is 38.9 Å². The summed E-state index contributed by atoms with van der Waals surface area (Å²) >= 11 is 0. The maximum Gasteiger partial charge on any atom is 0.0834 e. The lowest BCUT2D eigenvalue weighted by Crippen LogP contribution is -2.40. The molecule has 0 spiro atoms. The second-order valence-electron chi connectivity index (χ2n) is 4.58. The normalized spacial score (nSPS) is 18.7. The quantitative estimate of drug-likeness (QED) is 0.639. The number of rotatable bonds is 6. The highest BCUT2D eigenvalue weighted by Gasteiger charge is 2.35.